The number of carbonyl (C=O) groups excluding carboxylic acids is 2. The van der Waals surface area contributed by atoms with E-state index in [1.807, 2.05) is 31.2 Å². The van der Waals surface area contributed by atoms with Crippen LogP contribution in [0.2, 0.25) is 0 Å². The summed E-state index contributed by atoms with van der Waals surface area (Å²) in [5, 5.41) is 5.89. The molecule has 0 bridgehead atoms. The molecular weight excluding hydrogens is 355 g/mol. The lowest BCUT2D eigenvalue weighted by Gasteiger charge is -2.27. The average molecular weight is 382 g/mol. The molecule has 0 atom stereocenters. The third-order valence-electron chi connectivity index (χ3n) is 5.41. The third-order valence-corrected chi connectivity index (χ3v) is 5.41. The zero-order chi connectivity index (χ0) is 19.9. The van der Waals surface area contributed by atoms with Crippen molar-refractivity contribution < 1.29 is 14.0 Å². The molecule has 2 N–H and O–H groups in total. The molecule has 148 valence electrons. The summed E-state index contributed by atoms with van der Waals surface area (Å²) >= 11 is 0. The fourth-order valence-corrected chi connectivity index (χ4v) is 3.75. The van der Waals surface area contributed by atoms with Crippen LogP contribution in [-0.4, -0.2) is 18.4 Å². The molecule has 1 saturated carbocycles. The standard InChI is InChI=1S/C23H27FN2O2/c1-16-5-4-7-20(15-16)26-23(28)19-11-9-18(10-12-19)22(27)25-14-13-17-6-2-3-8-21(17)24/h2-8,15,18-19H,9-14H2,1H3,(H,25,27)(H,26,28). The first-order valence-electron chi connectivity index (χ1n) is 9.91. The van der Waals surface area contributed by atoms with E-state index in [2.05, 4.69) is 10.6 Å². The Bertz CT molecular complexity index is 829. The van der Waals surface area contributed by atoms with Crippen molar-refractivity contribution in [2.75, 3.05) is 11.9 Å². The third kappa shape index (κ3) is 5.41. The second-order valence-corrected chi connectivity index (χ2v) is 7.54. The minimum absolute atomic E-state index is 0.00822. The molecule has 2 aromatic carbocycles. The van der Waals surface area contributed by atoms with Crippen LogP contribution in [-0.2, 0) is 16.0 Å². The lowest BCUT2D eigenvalue weighted by molar-refractivity contribution is -0.128. The summed E-state index contributed by atoms with van der Waals surface area (Å²) in [7, 11) is 0. The highest BCUT2D eigenvalue weighted by atomic mass is 19.1. The summed E-state index contributed by atoms with van der Waals surface area (Å²) in [6, 6.07) is 14.4. The Morgan fingerprint density at radius 1 is 0.964 bits per heavy atom. The van der Waals surface area contributed by atoms with Crippen molar-refractivity contribution in [3.8, 4) is 0 Å². The molecule has 3 rings (SSSR count). The lowest BCUT2D eigenvalue weighted by atomic mass is 9.81. The summed E-state index contributed by atoms with van der Waals surface area (Å²) in [6.45, 7) is 2.42. The van der Waals surface area contributed by atoms with Gasteiger partial charge >= 0.3 is 0 Å². The first-order valence-corrected chi connectivity index (χ1v) is 9.91. The highest BCUT2D eigenvalue weighted by Gasteiger charge is 2.29. The van der Waals surface area contributed by atoms with Gasteiger partial charge in [-0.3, -0.25) is 9.59 Å². The van der Waals surface area contributed by atoms with Crippen LogP contribution >= 0.6 is 0 Å². The molecule has 0 spiro atoms. The van der Waals surface area contributed by atoms with E-state index in [0.717, 1.165) is 11.3 Å². The van der Waals surface area contributed by atoms with Crippen molar-refractivity contribution in [1.82, 2.24) is 5.32 Å². The molecule has 0 saturated heterocycles. The largest absolute Gasteiger partial charge is 0.356 e. The Kier molecular flexibility index (Phi) is 6.80. The number of halogens is 1. The molecule has 28 heavy (non-hydrogen) atoms. The van der Waals surface area contributed by atoms with Crippen LogP contribution in [0.3, 0.4) is 0 Å². The van der Waals surface area contributed by atoms with Gasteiger partial charge in [-0.15, -0.1) is 0 Å². The maximum absolute atomic E-state index is 13.6. The van der Waals surface area contributed by atoms with Gasteiger partial charge in [0.25, 0.3) is 0 Å². The summed E-state index contributed by atoms with van der Waals surface area (Å²) in [4.78, 5) is 24.8. The van der Waals surface area contributed by atoms with Crippen molar-refractivity contribution >= 4 is 17.5 Å². The number of benzene rings is 2. The molecule has 0 unspecified atom stereocenters. The van der Waals surface area contributed by atoms with E-state index in [9.17, 15) is 14.0 Å². The molecule has 1 fully saturated rings. The summed E-state index contributed by atoms with van der Waals surface area (Å²) in [5.74, 6) is -0.318. The van der Waals surface area contributed by atoms with Gasteiger partial charge in [0.15, 0.2) is 0 Å². The van der Waals surface area contributed by atoms with E-state index in [1.54, 1.807) is 18.2 Å². The molecule has 4 nitrogen and oxygen atoms in total. The van der Waals surface area contributed by atoms with Crippen LogP contribution in [0.4, 0.5) is 10.1 Å². The van der Waals surface area contributed by atoms with Gasteiger partial charge in [-0.2, -0.15) is 0 Å². The van der Waals surface area contributed by atoms with Crippen LogP contribution in [0.1, 0.15) is 36.8 Å². The number of nitrogens with one attached hydrogen (secondary N) is 2. The van der Waals surface area contributed by atoms with Gasteiger partial charge in [-0.05, 0) is 68.4 Å². The Morgan fingerprint density at radius 2 is 1.64 bits per heavy atom. The molecule has 1 aliphatic rings. The van der Waals surface area contributed by atoms with Crippen LogP contribution in [0.25, 0.3) is 0 Å². The number of carbonyl (C=O) groups is 2. The van der Waals surface area contributed by atoms with Gasteiger partial charge < -0.3 is 10.6 Å². The number of amides is 2. The Morgan fingerprint density at radius 3 is 2.32 bits per heavy atom. The topological polar surface area (TPSA) is 58.2 Å². The van der Waals surface area contributed by atoms with Crippen molar-refractivity contribution in [3.63, 3.8) is 0 Å². The minimum atomic E-state index is -0.239. The second kappa shape index (κ2) is 9.49. The highest BCUT2D eigenvalue weighted by Crippen LogP contribution is 2.30. The summed E-state index contributed by atoms with van der Waals surface area (Å²) in [5.41, 5.74) is 2.53. The van der Waals surface area contributed by atoms with Gasteiger partial charge in [0.1, 0.15) is 5.82 Å². The van der Waals surface area contributed by atoms with Gasteiger partial charge in [0.2, 0.25) is 11.8 Å². The van der Waals surface area contributed by atoms with Crippen LogP contribution < -0.4 is 10.6 Å². The van der Waals surface area contributed by atoms with E-state index in [0.29, 0.717) is 44.2 Å². The predicted octanol–water partition coefficient (Wildman–Crippen LogP) is 4.24. The first kappa shape index (κ1) is 20.1. The number of anilines is 1. The van der Waals surface area contributed by atoms with E-state index < -0.39 is 0 Å². The molecule has 2 aromatic rings. The van der Waals surface area contributed by atoms with Crippen molar-refractivity contribution in [2.24, 2.45) is 11.8 Å². The first-order chi connectivity index (χ1) is 13.5. The second-order valence-electron chi connectivity index (χ2n) is 7.54. The normalized spacial score (nSPS) is 19.1. The Balaban J connectivity index is 1.41. The molecular formula is C23H27FN2O2. The lowest BCUT2D eigenvalue weighted by Crippen LogP contribution is -2.36. The fourth-order valence-electron chi connectivity index (χ4n) is 3.75. The monoisotopic (exact) mass is 382 g/mol. The number of hydrogen-bond acceptors (Lipinski definition) is 2. The van der Waals surface area contributed by atoms with Gasteiger partial charge in [-0.25, -0.2) is 4.39 Å². The zero-order valence-corrected chi connectivity index (χ0v) is 16.2. The fraction of sp³-hybridized carbons (Fsp3) is 0.391. The zero-order valence-electron chi connectivity index (χ0n) is 16.2. The summed E-state index contributed by atoms with van der Waals surface area (Å²) in [6.07, 6.45) is 3.31. The molecule has 0 aromatic heterocycles. The molecule has 0 aliphatic heterocycles. The number of aryl methyl sites for hydroxylation is 1. The maximum Gasteiger partial charge on any atom is 0.227 e. The molecule has 5 heteroatoms. The maximum atomic E-state index is 13.6. The minimum Gasteiger partial charge on any atom is -0.356 e. The van der Waals surface area contributed by atoms with E-state index in [1.165, 1.54) is 6.07 Å². The van der Waals surface area contributed by atoms with Gasteiger partial charge in [-0.1, -0.05) is 30.3 Å². The van der Waals surface area contributed by atoms with Gasteiger partial charge in [0.05, 0.1) is 0 Å². The van der Waals surface area contributed by atoms with Crippen molar-refractivity contribution in [2.45, 2.75) is 39.0 Å². The summed E-state index contributed by atoms with van der Waals surface area (Å²) < 4.78 is 13.6. The van der Waals surface area contributed by atoms with E-state index >= 15 is 0 Å². The van der Waals surface area contributed by atoms with E-state index in [-0.39, 0.29) is 29.5 Å². The molecule has 0 radical (unpaired) electrons. The Hall–Kier alpha value is -2.69. The average Bonchev–Trinajstić information content (AvgIpc) is 2.69. The van der Waals surface area contributed by atoms with Crippen LogP contribution in [0, 0.1) is 24.6 Å². The SMILES string of the molecule is Cc1cccc(NC(=O)C2CCC(C(=O)NCCc3ccccc3F)CC2)c1. The van der Waals surface area contributed by atoms with Crippen LogP contribution in [0.5, 0.6) is 0 Å². The van der Waals surface area contributed by atoms with E-state index in [4.69, 9.17) is 0 Å². The quantitative estimate of drug-likeness (QED) is 0.785. The smallest absolute Gasteiger partial charge is 0.227 e. The Labute approximate surface area is 165 Å². The molecule has 1 aliphatic carbocycles. The number of rotatable bonds is 6. The highest BCUT2D eigenvalue weighted by molar-refractivity contribution is 5.92. The van der Waals surface area contributed by atoms with Crippen molar-refractivity contribution in [3.05, 3.63) is 65.5 Å². The predicted molar refractivity (Wildman–Crippen MR) is 108 cm³/mol. The number of hydrogen-bond donors (Lipinski definition) is 2. The van der Waals surface area contributed by atoms with Crippen LogP contribution in [0.15, 0.2) is 48.5 Å². The molecule has 2 amide bonds. The van der Waals surface area contributed by atoms with Crippen molar-refractivity contribution in [1.29, 1.82) is 0 Å². The van der Waals surface area contributed by atoms with Gasteiger partial charge in [0, 0.05) is 24.1 Å². The molecule has 0 heterocycles.